The Morgan fingerprint density at radius 3 is 2.54 bits per heavy atom. The van der Waals surface area contributed by atoms with Gasteiger partial charge in [0.1, 0.15) is 5.58 Å². The summed E-state index contributed by atoms with van der Waals surface area (Å²) in [4.78, 5) is 24.7. The van der Waals surface area contributed by atoms with Crippen LogP contribution in [0.4, 0.5) is 0 Å². The fourth-order valence-electron chi connectivity index (χ4n) is 2.38. The number of benzene rings is 2. The number of fused-ring (bicyclic) bond motifs is 1. The van der Waals surface area contributed by atoms with E-state index in [-0.39, 0.29) is 23.4 Å². The lowest BCUT2D eigenvalue weighted by molar-refractivity contribution is -0.134. The molecule has 2 aromatic carbocycles. The van der Waals surface area contributed by atoms with E-state index in [2.05, 4.69) is 0 Å². The molecule has 1 heterocycles. The van der Waals surface area contributed by atoms with E-state index in [9.17, 15) is 9.59 Å². The molecule has 24 heavy (non-hydrogen) atoms. The van der Waals surface area contributed by atoms with Gasteiger partial charge in [-0.3, -0.25) is 9.59 Å². The third-order valence-corrected chi connectivity index (χ3v) is 3.78. The topological polar surface area (TPSA) is 56.5 Å². The molecule has 0 bridgehead atoms. The van der Waals surface area contributed by atoms with E-state index in [0.717, 1.165) is 0 Å². The SMILES string of the molecule is CCCC(=O)Oc1c(-c2ccc(Cl)cc2)oc2ccccc2c1=O. The lowest BCUT2D eigenvalue weighted by Crippen LogP contribution is -2.15. The maximum atomic E-state index is 12.8. The Kier molecular flexibility index (Phi) is 4.67. The molecular weight excluding hydrogens is 328 g/mol. The average Bonchev–Trinajstić information content (AvgIpc) is 2.58. The standard InChI is InChI=1S/C19H15ClO4/c1-2-5-16(21)24-19-17(22)14-6-3-4-7-15(14)23-18(19)12-8-10-13(20)11-9-12/h3-4,6-11H,2,5H2,1H3. The van der Waals surface area contributed by atoms with Gasteiger partial charge in [0.15, 0.2) is 5.76 Å². The summed E-state index contributed by atoms with van der Waals surface area (Å²) in [6, 6.07) is 13.7. The summed E-state index contributed by atoms with van der Waals surface area (Å²) in [6.45, 7) is 1.87. The molecule has 0 amide bonds. The number of carbonyl (C=O) groups excluding carboxylic acids is 1. The van der Waals surface area contributed by atoms with Crippen molar-refractivity contribution in [3.63, 3.8) is 0 Å². The zero-order valence-corrected chi connectivity index (χ0v) is 13.8. The summed E-state index contributed by atoms with van der Waals surface area (Å²) in [7, 11) is 0. The minimum absolute atomic E-state index is 0.0885. The Morgan fingerprint density at radius 1 is 1.12 bits per heavy atom. The van der Waals surface area contributed by atoms with Crippen LogP contribution in [-0.4, -0.2) is 5.97 Å². The van der Waals surface area contributed by atoms with Gasteiger partial charge in [-0.2, -0.15) is 0 Å². The van der Waals surface area contributed by atoms with Gasteiger partial charge in [-0.05, 0) is 42.8 Å². The van der Waals surface area contributed by atoms with Crippen LogP contribution in [0.3, 0.4) is 0 Å². The van der Waals surface area contributed by atoms with Gasteiger partial charge in [-0.15, -0.1) is 0 Å². The first kappa shape index (κ1) is 16.3. The van der Waals surface area contributed by atoms with Crippen molar-refractivity contribution >= 4 is 28.5 Å². The molecule has 122 valence electrons. The second-order valence-corrected chi connectivity index (χ2v) is 5.75. The fourth-order valence-corrected chi connectivity index (χ4v) is 2.50. The van der Waals surface area contributed by atoms with Crippen LogP contribution >= 0.6 is 11.6 Å². The normalized spacial score (nSPS) is 10.8. The Hall–Kier alpha value is -2.59. The largest absolute Gasteiger partial charge is 0.452 e. The first-order valence-electron chi connectivity index (χ1n) is 7.62. The molecule has 1 aromatic heterocycles. The molecule has 3 aromatic rings. The van der Waals surface area contributed by atoms with Crippen LogP contribution in [0.1, 0.15) is 19.8 Å². The number of ether oxygens (including phenoxy) is 1. The number of halogens is 1. The Morgan fingerprint density at radius 2 is 1.83 bits per heavy atom. The number of hydrogen-bond acceptors (Lipinski definition) is 4. The Labute approximate surface area is 143 Å². The van der Waals surface area contributed by atoms with Gasteiger partial charge in [-0.25, -0.2) is 0 Å². The van der Waals surface area contributed by atoms with Crippen molar-refractivity contribution in [2.24, 2.45) is 0 Å². The summed E-state index contributed by atoms with van der Waals surface area (Å²) >= 11 is 5.91. The van der Waals surface area contributed by atoms with E-state index in [1.165, 1.54) is 0 Å². The maximum absolute atomic E-state index is 12.8. The van der Waals surface area contributed by atoms with Crippen LogP contribution in [0.5, 0.6) is 5.75 Å². The molecule has 0 fully saturated rings. The second-order valence-electron chi connectivity index (χ2n) is 5.32. The minimum atomic E-state index is -0.463. The highest BCUT2D eigenvalue weighted by atomic mass is 35.5. The highest BCUT2D eigenvalue weighted by Crippen LogP contribution is 2.31. The third kappa shape index (κ3) is 3.19. The summed E-state index contributed by atoms with van der Waals surface area (Å²) < 4.78 is 11.2. The van der Waals surface area contributed by atoms with E-state index < -0.39 is 5.97 Å². The fraction of sp³-hybridized carbons (Fsp3) is 0.158. The lowest BCUT2D eigenvalue weighted by atomic mass is 10.1. The lowest BCUT2D eigenvalue weighted by Gasteiger charge is -2.10. The highest BCUT2D eigenvalue weighted by molar-refractivity contribution is 6.30. The van der Waals surface area contributed by atoms with Crippen molar-refractivity contribution in [3.8, 4) is 17.1 Å². The van der Waals surface area contributed by atoms with Crippen LogP contribution in [-0.2, 0) is 4.79 Å². The number of carbonyl (C=O) groups is 1. The predicted octanol–water partition coefficient (Wildman–Crippen LogP) is 4.82. The molecule has 0 aliphatic heterocycles. The van der Waals surface area contributed by atoms with E-state index in [1.54, 1.807) is 48.5 Å². The number of para-hydroxylation sites is 1. The first-order valence-corrected chi connectivity index (χ1v) is 8.00. The van der Waals surface area contributed by atoms with Crippen molar-refractivity contribution in [2.45, 2.75) is 19.8 Å². The van der Waals surface area contributed by atoms with Gasteiger partial charge in [0, 0.05) is 17.0 Å². The molecule has 5 heteroatoms. The van der Waals surface area contributed by atoms with E-state index in [1.807, 2.05) is 6.92 Å². The first-order chi connectivity index (χ1) is 11.6. The molecule has 0 aliphatic rings. The van der Waals surface area contributed by atoms with Crippen LogP contribution in [0.15, 0.2) is 57.7 Å². The van der Waals surface area contributed by atoms with Crippen molar-refractivity contribution in [3.05, 3.63) is 63.8 Å². The Balaban J connectivity index is 2.23. The average molecular weight is 343 g/mol. The van der Waals surface area contributed by atoms with Gasteiger partial charge in [0.2, 0.25) is 11.2 Å². The van der Waals surface area contributed by atoms with Gasteiger partial charge in [0.05, 0.1) is 5.39 Å². The van der Waals surface area contributed by atoms with E-state index >= 15 is 0 Å². The molecular formula is C19H15ClO4. The molecule has 0 N–H and O–H groups in total. The zero-order valence-electron chi connectivity index (χ0n) is 13.0. The van der Waals surface area contributed by atoms with Crippen molar-refractivity contribution in [1.82, 2.24) is 0 Å². The van der Waals surface area contributed by atoms with Crippen LogP contribution in [0, 0.1) is 0 Å². The number of hydrogen-bond donors (Lipinski definition) is 0. The number of rotatable bonds is 4. The molecule has 0 atom stereocenters. The molecule has 0 unspecified atom stereocenters. The molecule has 0 saturated heterocycles. The smallest absolute Gasteiger partial charge is 0.311 e. The van der Waals surface area contributed by atoms with E-state index in [4.69, 9.17) is 20.8 Å². The Bertz CT molecular complexity index is 942. The molecule has 0 saturated carbocycles. The maximum Gasteiger partial charge on any atom is 0.311 e. The molecule has 0 spiro atoms. The van der Waals surface area contributed by atoms with Crippen molar-refractivity contribution in [1.29, 1.82) is 0 Å². The summed E-state index contributed by atoms with van der Waals surface area (Å²) in [5.74, 6) is -0.329. The minimum Gasteiger partial charge on any atom is -0.452 e. The highest BCUT2D eigenvalue weighted by Gasteiger charge is 2.20. The van der Waals surface area contributed by atoms with E-state index in [0.29, 0.717) is 28.0 Å². The molecule has 0 radical (unpaired) electrons. The molecule has 4 nitrogen and oxygen atoms in total. The number of esters is 1. The monoisotopic (exact) mass is 342 g/mol. The van der Waals surface area contributed by atoms with Gasteiger partial charge in [-0.1, -0.05) is 30.7 Å². The van der Waals surface area contributed by atoms with Crippen LogP contribution in [0.2, 0.25) is 5.02 Å². The third-order valence-electron chi connectivity index (χ3n) is 3.53. The quantitative estimate of drug-likeness (QED) is 0.638. The molecule has 0 aliphatic carbocycles. The zero-order chi connectivity index (χ0) is 17.1. The summed E-state index contributed by atoms with van der Waals surface area (Å²) in [5.41, 5.74) is 0.676. The molecule has 3 rings (SSSR count). The van der Waals surface area contributed by atoms with Crippen LogP contribution < -0.4 is 10.2 Å². The van der Waals surface area contributed by atoms with Gasteiger partial charge in [0.25, 0.3) is 0 Å². The predicted molar refractivity (Wildman–Crippen MR) is 93.5 cm³/mol. The van der Waals surface area contributed by atoms with Gasteiger partial charge >= 0.3 is 5.97 Å². The van der Waals surface area contributed by atoms with Crippen molar-refractivity contribution < 1.29 is 13.9 Å². The van der Waals surface area contributed by atoms with Crippen LogP contribution in [0.25, 0.3) is 22.3 Å². The summed E-state index contributed by atoms with van der Waals surface area (Å²) in [6.07, 6.45) is 0.861. The van der Waals surface area contributed by atoms with Gasteiger partial charge < -0.3 is 9.15 Å². The summed E-state index contributed by atoms with van der Waals surface area (Å²) in [5, 5.41) is 0.931. The second kappa shape index (κ2) is 6.89. The van der Waals surface area contributed by atoms with Crippen molar-refractivity contribution in [2.75, 3.05) is 0 Å².